The van der Waals surface area contributed by atoms with Gasteiger partial charge in [0, 0.05) is 5.56 Å². The normalized spacial score (nSPS) is 11.0. The Bertz CT molecular complexity index is 1010. The third kappa shape index (κ3) is 3.94. The van der Waals surface area contributed by atoms with Gasteiger partial charge in [-0.1, -0.05) is 48.0 Å². The average molecular weight is 397 g/mol. The van der Waals surface area contributed by atoms with Gasteiger partial charge in [0.15, 0.2) is 0 Å². The van der Waals surface area contributed by atoms with Crippen molar-refractivity contribution in [3.05, 3.63) is 76.1 Å². The van der Waals surface area contributed by atoms with Crippen molar-refractivity contribution in [1.82, 2.24) is 9.78 Å². The van der Waals surface area contributed by atoms with Crippen LogP contribution in [0.1, 0.15) is 34.1 Å². The van der Waals surface area contributed by atoms with E-state index in [1.54, 1.807) is 17.7 Å². The molecule has 0 radical (unpaired) electrons. The molecule has 0 saturated heterocycles. The number of hydrogen-bond acceptors (Lipinski definition) is 4. The van der Waals surface area contributed by atoms with Crippen LogP contribution >= 0.6 is 11.6 Å². The lowest BCUT2D eigenvalue weighted by molar-refractivity contribution is 0.0522. The summed E-state index contributed by atoms with van der Waals surface area (Å²) in [5.74, 6) is 0.0331. The minimum atomic E-state index is -0.428. The van der Waals surface area contributed by atoms with Gasteiger partial charge < -0.3 is 9.47 Å². The fourth-order valence-corrected chi connectivity index (χ4v) is 3.23. The molecule has 0 N–H and O–H groups in total. The van der Waals surface area contributed by atoms with Crippen molar-refractivity contribution in [2.45, 2.75) is 13.8 Å². The van der Waals surface area contributed by atoms with Gasteiger partial charge in [-0.3, -0.25) is 0 Å². The Kier molecular flexibility index (Phi) is 6.16. The van der Waals surface area contributed by atoms with Gasteiger partial charge in [0.05, 0.1) is 25.1 Å². The van der Waals surface area contributed by atoms with Gasteiger partial charge in [-0.05, 0) is 43.7 Å². The van der Waals surface area contributed by atoms with Crippen LogP contribution in [0.15, 0.2) is 48.5 Å². The third-order valence-corrected chi connectivity index (χ3v) is 4.60. The number of esters is 1. The number of aryl methyl sites for hydroxylation is 1. The quantitative estimate of drug-likeness (QED) is 0.538. The first-order chi connectivity index (χ1) is 13.6. The predicted octanol–water partition coefficient (Wildman–Crippen LogP) is 5.19. The molecule has 144 valence electrons. The standard InChI is InChI=1S/C22H21ClN2O3/c1-4-28-22(26)20-16(9-8-12-19(20)27-3)13-14-18-15(2)24-25(21(18)23)17-10-6-5-7-11-17/h5-14H,4H2,1-3H3. The Balaban J connectivity index is 2.02. The summed E-state index contributed by atoms with van der Waals surface area (Å²) in [5, 5.41) is 5.03. The number of rotatable bonds is 6. The van der Waals surface area contributed by atoms with Gasteiger partial charge in [0.2, 0.25) is 0 Å². The fraction of sp³-hybridized carbons (Fsp3) is 0.182. The summed E-state index contributed by atoms with van der Waals surface area (Å²) in [6.07, 6.45) is 3.67. The number of carbonyl (C=O) groups excluding carboxylic acids is 1. The molecule has 0 amide bonds. The van der Waals surface area contributed by atoms with Crippen molar-refractivity contribution in [2.75, 3.05) is 13.7 Å². The molecule has 3 rings (SSSR count). The van der Waals surface area contributed by atoms with E-state index in [1.165, 1.54) is 7.11 Å². The summed E-state index contributed by atoms with van der Waals surface area (Å²) in [7, 11) is 1.52. The number of methoxy groups -OCH3 is 1. The topological polar surface area (TPSA) is 53.3 Å². The smallest absolute Gasteiger partial charge is 0.342 e. The summed E-state index contributed by atoms with van der Waals surface area (Å²) >= 11 is 6.57. The molecule has 0 aliphatic carbocycles. The zero-order valence-corrected chi connectivity index (χ0v) is 16.7. The Morgan fingerprint density at radius 1 is 1.14 bits per heavy atom. The van der Waals surface area contributed by atoms with E-state index in [2.05, 4.69) is 5.10 Å². The Morgan fingerprint density at radius 2 is 1.89 bits per heavy atom. The van der Waals surface area contributed by atoms with Crippen molar-refractivity contribution in [3.63, 3.8) is 0 Å². The first-order valence-electron chi connectivity index (χ1n) is 8.89. The molecule has 0 aliphatic rings. The highest BCUT2D eigenvalue weighted by molar-refractivity contribution is 6.31. The van der Waals surface area contributed by atoms with Crippen LogP contribution in [0.25, 0.3) is 17.8 Å². The maximum Gasteiger partial charge on any atom is 0.342 e. The van der Waals surface area contributed by atoms with E-state index in [9.17, 15) is 4.79 Å². The Labute approximate surface area is 169 Å². The van der Waals surface area contributed by atoms with Crippen LogP contribution in [0.2, 0.25) is 5.15 Å². The van der Waals surface area contributed by atoms with Crippen molar-refractivity contribution in [1.29, 1.82) is 0 Å². The summed E-state index contributed by atoms with van der Waals surface area (Å²) in [6, 6.07) is 15.1. The van der Waals surface area contributed by atoms with Crippen molar-refractivity contribution >= 4 is 29.7 Å². The van der Waals surface area contributed by atoms with Crippen molar-refractivity contribution in [3.8, 4) is 11.4 Å². The summed E-state index contributed by atoms with van der Waals surface area (Å²) in [4.78, 5) is 12.4. The number of benzene rings is 2. The second-order valence-corrected chi connectivity index (χ2v) is 6.37. The van der Waals surface area contributed by atoms with E-state index in [0.717, 1.165) is 16.9 Å². The molecule has 28 heavy (non-hydrogen) atoms. The molecule has 0 fully saturated rings. The van der Waals surface area contributed by atoms with Crippen LogP contribution < -0.4 is 4.74 Å². The predicted molar refractivity (Wildman–Crippen MR) is 111 cm³/mol. The second kappa shape index (κ2) is 8.76. The Morgan fingerprint density at radius 3 is 2.57 bits per heavy atom. The molecule has 6 heteroatoms. The van der Waals surface area contributed by atoms with Crippen molar-refractivity contribution < 1.29 is 14.3 Å². The van der Waals surface area contributed by atoms with E-state index >= 15 is 0 Å². The van der Waals surface area contributed by atoms with E-state index in [0.29, 0.717) is 22.0 Å². The number of hydrogen-bond donors (Lipinski definition) is 0. The fourth-order valence-electron chi connectivity index (χ4n) is 2.89. The molecule has 0 bridgehead atoms. The first-order valence-corrected chi connectivity index (χ1v) is 9.27. The third-order valence-electron chi connectivity index (χ3n) is 4.24. The number of para-hydroxylation sites is 1. The highest BCUT2D eigenvalue weighted by Crippen LogP contribution is 2.28. The number of nitrogens with zero attached hydrogens (tertiary/aromatic N) is 2. The maximum atomic E-state index is 12.4. The largest absolute Gasteiger partial charge is 0.496 e. The van der Waals surface area contributed by atoms with Gasteiger partial charge in [0.25, 0.3) is 0 Å². The zero-order valence-electron chi connectivity index (χ0n) is 16.0. The molecular weight excluding hydrogens is 376 g/mol. The highest BCUT2D eigenvalue weighted by Gasteiger charge is 2.18. The summed E-state index contributed by atoms with van der Waals surface area (Å²) < 4.78 is 12.2. The molecule has 3 aromatic rings. The van der Waals surface area contributed by atoms with Gasteiger partial charge in [-0.2, -0.15) is 5.10 Å². The van der Waals surface area contributed by atoms with Crippen LogP contribution in [0.5, 0.6) is 5.75 Å². The van der Waals surface area contributed by atoms with E-state index in [4.69, 9.17) is 21.1 Å². The Hall–Kier alpha value is -3.05. The second-order valence-electron chi connectivity index (χ2n) is 6.02. The van der Waals surface area contributed by atoms with Crippen LogP contribution in [0, 0.1) is 6.92 Å². The van der Waals surface area contributed by atoms with E-state index in [-0.39, 0.29) is 6.61 Å². The molecular formula is C22H21ClN2O3. The molecule has 0 spiro atoms. The lowest BCUT2D eigenvalue weighted by atomic mass is 10.0. The van der Waals surface area contributed by atoms with Crippen LogP contribution in [0.3, 0.4) is 0 Å². The number of carbonyl (C=O) groups is 1. The highest BCUT2D eigenvalue weighted by atomic mass is 35.5. The van der Waals surface area contributed by atoms with Gasteiger partial charge in [-0.15, -0.1) is 0 Å². The molecule has 0 saturated carbocycles. The summed E-state index contributed by atoms with van der Waals surface area (Å²) in [5.41, 5.74) is 3.51. The first kappa shape index (κ1) is 19.7. The molecule has 0 atom stereocenters. The van der Waals surface area contributed by atoms with Gasteiger partial charge in [0.1, 0.15) is 16.5 Å². The van der Waals surface area contributed by atoms with Crippen LogP contribution in [-0.4, -0.2) is 29.5 Å². The molecule has 0 aliphatic heterocycles. The van der Waals surface area contributed by atoms with Gasteiger partial charge >= 0.3 is 5.97 Å². The molecule has 2 aromatic carbocycles. The zero-order chi connectivity index (χ0) is 20.1. The average Bonchev–Trinajstić information content (AvgIpc) is 3.00. The van der Waals surface area contributed by atoms with E-state index < -0.39 is 5.97 Å². The van der Waals surface area contributed by atoms with Crippen LogP contribution in [0.4, 0.5) is 0 Å². The van der Waals surface area contributed by atoms with Crippen molar-refractivity contribution in [2.24, 2.45) is 0 Å². The monoisotopic (exact) mass is 396 g/mol. The number of ether oxygens (including phenoxy) is 2. The van der Waals surface area contributed by atoms with Gasteiger partial charge in [-0.25, -0.2) is 9.48 Å². The molecule has 1 aromatic heterocycles. The van der Waals surface area contributed by atoms with E-state index in [1.807, 2.05) is 61.5 Å². The minimum Gasteiger partial charge on any atom is -0.496 e. The summed E-state index contributed by atoms with van der Waals surface area (Å²) in [6.45, 7) is 3.95. The lowest BCUT2D eigenvalue weighted by Crippen LogP contribution is -2.08. The maximum absolute atomic E-state index is 12.4. The molecule has 5 nitrogen and oxygen atoms in total. The van der Waals surface area contributed by atoms with Crippen LogP contribution in [-0.2, 0) is 4.74 Å². The molecule has 1 heterocycles. The SMILES string of the molecule is CCOC(=O)c1c(C=Cc2c(C)nn(-c3ccccc3)c2Cl)cccc1OC. The minimum absolute atomic E-state index is 0.287. The number of aromatic nitrogens is 2. The lowest BCUT2D eigenvalue weighted by Gasteiger charge is -2.10. The number of halogens is 1. The molecule has 0 unspecified atom stereocenters.